The zero-order valence-electron chi connectivity index (χ0n) is 8.03. The summed E-state index contributed by atoms with van der Waals surface area (Å²) >= 11 is 5.84. The number of hydrogen-bond acceptors (Lipinski definition) is 4. The zero-order chi connectivity index (χ0) is 10.6. The summed E-state index contributed by atoms with van der Waals surface area (Å²) in [5.41, 5.74) is 0.831. The van der Waals surface area contributed by atoms with Gasteiger partial charge >= 0.3 is 5.97 Å². The number of aromatic nitrogens is 2. The number of ether oxygens (including phenoxy) is 1. The van der Waals surface area contributed by atoms with Crippen LogP contribution in [-0.4, -0.2) is 22.8 Å². The van der Waals surface area contributed by atoms with Crippen molar-refractivity contribution in [2.45, 2.75) is 19.2 Å². The first-order valence-corrected chi connectivity index (χ1v) is 4.73. The molecule has 0 aromatic carbocycles. The Balaban J connectivity index is 3.00. The van der Waals surface area contributed by atoms with Crippen LogP contribution in [0.5, 0.6) is 0 Å². The van der Waals surface area contributed by atoms with Crippen molar-refractivity contribution in [1.29, 1.82) is 0 Å². The third-order valence-electron chi connectivity index (χ3n) is 1.62. The molecule has 14 heavy (non-hydrogen) atoms. The molecule has 0 radical (unpaired) electrons. The highest BCUT2D eigenvalue weighted by Gasteiger charge is 2.16. The third-order valence-corrected chi connectivity index (χ3v) is 1.83. The minimum absolute atomic E-state index is 0.331. The summed E-state index contributed by atoms with van der Waals surface area (Å²) in [7, 11) is 0. The van der Waals surface area contributed by atoms with Crippen molar-refractivity contribution >= 4 is 17.6 Å². The molecule has 0 bridgehead atoms. The van der Waals surface area contributed by atoms with Gasteiger partial charge in [-0.15, -0.1) is 11.6 Å². The summed E-state index contributed by atoms with van der Waals surface area (Å²) in [5.74, 6) is -0.412. The van der Waals surface area contributed by atoms with E-state index in [2.05, 4.69) is 10.2 Å². The fourth-order valence-electron chi connectivity index (χ4n) is 1.02. The second-order valence-electron chi connectivity index (χ2n) is 2.67. The Morgan fingerprint density at radius 1 is 1.71 bits per heavy atom. The summed E-state index contributed by atoms with van der Waals surface area (Å²) in [6, 6.07) is 1.55. The number of halogens is 1. The van der Waals surface area contributed by atoms with Gasteiger partial charge in [0.05, 0.1) is 29.4 Å². The largest absolute Gasteiger partial charge is 0.462 e. The number of esters is 1. The molecule has 76 valence electrons. The molecule has 0 spiro atoms. The Hall–Kier alpha value is -1.16. The van der Waals surface area contributed by atoms with Gasteiger partial charge in [-0.05, 0) is 19.9 Å². The Bertz CT molecular complexity index is 328. The zero-order valence-corrected chi connectivity index (χ0v) is 8.78. The predicted octanol–water partition coefficient (Wildman–Crippen LogP) is 1.95. The van der Waals surface area contributed by atoms with E-state index in [1.807, 2.05) is 0 Å². The molecule has 1 unspecified atom stereocenters. The monoisotopic (exact) mass is 214 g/mol. The highest BCUT2D eigenvalue weighted by molar-refractivity contribution is 6.20. The quantitative estimate of drug-likeness (QED) is 0.570. The topological polar surface area (TPSA) is 52.1 Å². The molecule has 1 heterocycles. The first-order chi connectivity index (χ1) is 6.66. The normalized spacial score (nSPS) is 12.2. The summed E-state index contributed by atoms with van der Waals surface area (Å²) < 4.78 is 4.85. The van der Waals surface area contributed by atoms with E-state index in [0.717, 1.165) is 0 Å². The fourth-order valence-corrected chi connectivity index (χ4v) is 1.18. The van der Waals surface area contributed by atoms with Crippen LogP contribution in [0.4, 0.5) is 0 Å². The average Bonchev–Trinajstić information content (AvgIpc) is 2.18. The second kappa shape index (κ2) is 4.91. The van der Waals surface area contributed by atoms with Gasteiger partial charge < -0.3 is 4.74 Å². The van der Waals surface area contributed by atoms with E-state index in [1.165, 1.54) is 6.20 Å². The SMILES string of the molecule is CCOC(=O)c1ccnnc1C(C)Cl. The second-order valence-corrected chi connectivity index (χ2v) is 3.32. The maximum Gasteiger partial charge on any atom is 0.340 e. The molecule has 0 fully saturated rings. The summed E-state index contributed by atoms with van der Waals surface area (Å²) in [6.45, 7) is 3.81. The Kier molecular flexibility index (Phi) is 3.83. The number of alkyl halides is 1. The Labute approximate surface area is 87.2 Å². The summed E-state index contributed by atoms with van der Waals surface area (Å²) in [4.78, 5) is 11.4. The number of carbonyl (C=O) groups is 1. The van der Waals surface area contributed by atoms with Gasteiger partial charge in [0.25, 0.3) is 0 Å². The highest BCUT2D eigenvalue weighted by Crippen LogP contribution is 2.20. The standard InChI is InChI=1S/C9H11ClN2O2/c1-3-14-9(13)7-4-5-11-12-8(7)6(2)10/h4-6H,3H2,1-2H3. The van der Waals surface area contributed by atoms with Gasteiger partial charge in [-0.25, -0.2) is 4.79 Å². The van der Waals surface area contributed by atoms with E-state index in [-0.39, 0.29) is 5.38 Å². The molecular formula is C9H11ClN2O2. The van der Waals surface area contributed by atoms with Crippen LogP contribution < -0.4 is 0 Å². The number of rotatable bonds is 3. The summed E-state index contributed by atoms with van der Waals surface area (Å²) in [5, 5.41) is 7.11. The first kappa shape index (κ1) is 10.9. The molecule has 5 heteroatoms. The summed E-state index contributed by atoms with van der Waals surface area (Å²) in [6.07, 6.45) is 1.44. The molecule has 0 aliphatic heterocycles. The van der Waals surface area contributed by atoms with Gasteiger partial charge in [-0.3, -0.25) is 0 Å². The van der Waals surface area contributed by atoms with Crippen LogP contribution in [0.1, 0.15) is 35.3 Å². The molecular weight excluding hydrogens is 204 g/mol. The van der Waals surface area contributed by atoms with Crippen LogP contribution in [0.25, 0.3) is 0 Å². The molecule has 0 saturated carbocycles. The van der Waals surface area contributed by atoms with Crippen LogP contribution in [0.2, 0.25) is 0 Å². The van der Waals surface area contributed by atoms with Crippen molar-refractivity contribution in [3.05, 3.63) is 23.5 Å². The average molecular weight is 215 g/mol. The molecule has 4 nitrogen and oxygen atoms in total. The maximum absolute atomic E-state index is 11.4. The van der Waals surface area contributed by atoms with Crippen molar-refractivity contribution in [1.82, 2.24) is 10.2 Å². The van der Waals surface area contributed by atoms with Crippen molar-refractivity contribution in [2.75, 3.05) is 6.61 Å². The fraction of sp³-hybridized carbons (Fsp3) is 0.444. The Morgan fingerprint density at radius 3 is 3.00 bits per heavy atom. The van der Waals surface area contributed by atoms with Gasteiger partial charge in [0.15, 0.2) is 0 Å². The van der Waals surface area contributed by atoms with E-state index in [0.29, 0.717) is 17.9 Å². The number of hydrogen-bond donors (Lipinski definition) is 0. The lowest BCUT2D eigenvalue weighted by atomic mass is 10.2. The Morgan fingerprint density at radius 2 is 2.43 bits per heavy atom. The predicted molar refractivity (Wildman–Crippen MR) is 52.3 cm³/mol. The molecule has 0 saturated heterocycles. The van der Waals surface area contributed by atoms with E-state index < -0.39 is 5.97 Å². The first-order valence-electron chi connectivity index (χ1n) is 4.29. The van der Waals surface area contributed by atoms with Crippen molar-refractivity contribution in [3.8, 4) is 0 Å². The molecule has 1 rings (SSSR count). The van der Waals surface area contributed by atoms with E-state index in [9.17, 15) is 4.79 Å². The molecule has 1 aromatic rings. The van der Waals surface area contributed by atoms with Gasteiger partial charge in [0.2, 0.25) is 0 Å². The minimum Gasteiger partial charge on any atom is -0.462 e. The van der Waals surface area contributed by atoms with Crippen LogP contribution in [0.15, 0.2) is 12.3 Å². The van der Waals surface area contributed by atoms with Gasteiger partial charge in [-0.2, -0.15) is 10.2 Å². The third kappa shape index (κ3) is 2.42. The van der Waals surface area contributed by atoms with Crippen LogP contribution in [0, 0.1) is 0 Å². The smallest absolute Gasteiger partial charge is 0.340 e. The maximum atomic E-state index is 11.4. The molecule has 1 aromatic heterocycles. The number of carbonyl (C=O) groups excluding carboxylic acids is 1. The molecule has 1 atom stereocenters. The lowest BCUT2D eigenvalue weighted by molar-refractivity contribution is 0.0524. The molecule has 0 aliphatic carbocycles. The molecule has 0 amide bonds. The lowest BCUT2D eigenvalue weighted by Gasteiger charge is -2.07. The van der Waals surface area contributed by atoms with Crippen molar-refractivity contribution in [3.63, 3.8) is 0 Å². The van der Waals surface area contributed by atoms with Crippen LogP contribution in [-0.2, 0) is 4.74 Å². The van der Waals surface area contributed by atoms with Crippen LogP contribution in [0.3, 0.4) is 0 Å². The van der Waals surface area contributed by atoms with Gasteiger partial charge in [0.1, 0.15) is 0 Å². The van der Waals surface area contributed by atoms with Gasteiger partial charge in [-0.1, -0.05) is 0 Å². The molecule has 0 N–H and O–H groups in total. The number of nitrogens with zero attached hydrogens (tertiary/aromatic N) is 2. The van der Waals surface area contributed by atoms with E-state index in [1.54, 1.807) is 19.9 Å². The minimum atomic E-state index is -0.412. The van der Waals surface area contributed by atoms with E-state index in [4.69, 9.17) is 16.3 Å². The molecule has 0 aliphatic rings. The highest BCUT2D eigenvalue weighted by atomic mass is 35.5. The van der Waals surface area contributed by atoms with E-state index >= 15 is 0 Å². The van der Waals surface area contributed by atoms with Crippen molar-refractivity contribution in [2.24, 2.45) is 0 Å². The van der Waals surface area contributed by atoms with Crippen molar-refractivity contribution < 1.29 is 9.53 Å². The van der Waals surface area contributed by atoms with Crippen LogP contribution >= 0.6 is 11.6 Å². The lowest BCUT2D eigenvalue weighted by Crippen LogP contribution is -2.10. The van der Waals surface area contributed by atoms with Gasteiger partial charge in [0, 0.05) is 0 Å².